The van der Waals surface area contributed by atoms with Gasteiger partial charge in [0.2, 0.25) is 5.91 Å². The summed E-state index contributed by atoms with van der Waals surface area (Å²) in [5.74, 6) is 2.45. The number of rotatable bonds is 9. The first-order valence-corrected chi connectivity index (χ1v) is 11.5. The number of nitrogens with zero attached hydrogens (tertiary/aromatic N) is 5. The van der Waals surface area contributed by atoms with E-state index in [2.05, 4.69) is 25.3 Å². The van der Waals surface area contributed by atoms with E-state index >= 15 is 0 Å². The molecule has 9 heteroatoms. The number of hydrogen-bond acceptors (Lipinski definition) is 7. The first-order valence-electron chi connectivity index (χ1n) is 11.5. The number of carbonyl (C=O) groups is 1. The number of likely N-dealkylation sites (tertiary alicyclic amines) is 1. The van der Waals surface area contributed by atoms with Crippen LogP contribution in [0.25, 0.3) is 16.7 Å². The van der Waals surface area contributed by atoms with E-state index < -0.39 is 0 Å². The molecular formula is C25H29N7O2. The van der Waals surface area contributed by atoms with Crippen LogP contribution in [0, 0.1) is 0 Å². The Morgan fingerprint density at radius 1 is 1.29 bits per heavy atom. The van der Waals surface area contributed by atoms with E-state index in [9.17, 15) is 4.79 Å². The van der Waals surface area contributed by atoms with Crippen molar-refractivity contribution < 1.29 is 9.53 Å². The Morgan fingerprint density at radius 3 is 2.97 bits per heavy atom. The quantitative estimate of drug-likeness (QED) is 0.475. The van der Waals surface area contributed by atoms with E-state index in [0.717, 1.165) is 48.8 Å². The maximum Gasteiger partial charge on any atom is 0.246 e. The van der Waals surface area contributed by atoms with Gasteiger partial charge in [-0.1, -0.05) is 24.3 Å². The van der Waals surface area contributed by atoms with Gasteiger partial charge in [-0.2, -0.15) is 0 Å². The van der Waals surface area contributed by atoms with Crippen LogP contribution in [0.2, 0.25) is 0 Å². The molecule has 2 N–H and O–H groups in total. The number of aromatic nitrogens is 4. The van der Waals surface area contributed by atoms with Crippen LogP contribution < -0.4 is 10.1 Å². The summed E-state index contributed by atoms with van der Waals surface area (Å²) in [6, 6.07) is 9.94. The zero-order chi connectivity index (χ0) is 23.5. The molecule has 1 aromatic carbocycles. The van der Waals surface area contributed by atoms with E-state index in [0.29, 0.717) is 18.8 Å². The Labute approximate surface area is 198 Å². The van der Waals surface area contributed by atoms with Gasteiger partial charge in [0.05, 0.1) is 0 Å². The molecule has 2 aliphatic rings. The van der Waals surface area contributed by atoms with Crippen molar-refractivity contribution in [2.24, 2.45) is 0 Å². The van der Waals surface area contributed by atoms with Gasteiger partial charge in [-0.25, -0.2) is 15.0 Å². The molecular weight excluding hydrogens is 430 g/mol. The normalized spacial score (nSPS) is 17.9. The topological polar surface area (TPSA) is 99.3 Å². The van der Waals surface area contributed by atoms with Crippen LogP contribution >= 0.6 is 0 Å². The molecule has 34 heavy (non-hydrogen) atoms. The number of allylic oxidation sites excluding steroid dienone is 1. The average molecular weight is 460 g/mol. The van der Waals surface area contributed by atoms with Crippen LogP contribution in [0.5, 0.6) is 5.75 Å². The first kappa shape index (κ1) is 22.1. The minimum absolute atomic E-state index is 0.0498. The van der Waals surface area contributed by atoms with Gasteiger partial charge >= 0.3 is 0 Å². The van der Waals surface area contributed by atoms with Crippen molar-refractivity contribution in [2.45, 2.75) is 18.9 Å². The summed E-state index contributed by atoms with van der Waals surface area (Å²) in [6.45, 7) is 2.67. The molecule has 1 amide bonds. The molecule has 5 rings (SSSR count). The number of benzene rings is 1. The number of hydrogen-bond donors (Lipinski definition) is 2. The van der Waals surface area contributed by atoms with Crippen molar-refractivity contribution in [3.8, 4) is 5.75 Å². The first-order chi connectivity index (χ1) is 16.6. The van der Waals surface area contributed by atoms with Crippen molar-refractivity contribution in [2.75, 3.05) is 45.7 Å². The summed E-state index contributed by atoms with van der Waals surface area (Å²) in [5.41, 5.74) is 3.82. The highest BCUT2D eigenvalue weighted by atomic mass is 16.5. The second kappa shape index (κ2) is 9.64. The zero-order valence-corrected chi connectivity index (χ0v) is 19.5. The van der Waals surface area contributed by atoms with E-state index in [4.69, 9.17) is 4.74 Å². The predicted molar refractivity (Wildman–Crippen MR) is 131 cm³/mol. The van der Waals surface area contributed by atoms with Gasteiger partial charge in [0.1, 0.15) is 30.0 Å². The number of imidazole rings is 1. The van der Waals surface area contributed by atoms with Crippen LogP contribution in [0.1, 0.15) is 18.7 Å². The molecule has 3 heterocycles. The number of nitrogens with one attached hydrogen (secondary N) is 2. The van der Waals surface area contributed by atoms with Crippen molar-refractivity contribution in [3.05, 3.63) is 60.2 Å². The van der Waals surface area contributed by atoms with E-state index in [1.807, 2.05) is 60.3 Å². The van der Waals surface area contributed by atoms with Crippen LogP contribution in [-0.2, 0) is 4.79 Å². The summed E-state index contributed by atoms with van der Waals surface area (Å²) in [5, 5.41) is 3.48. The molecule has 1 aliphatic carbocycles. The van der Waals surface area contributed by atoms with Crippen molar-refractivity contribution in [3.63, 3.8) is 0 Å². The Morgan fingerprint density at radius 2 is 2.15 bits per heavy atom. The van der Waals surface area contributed by atoms with Crippen LogP contribution in [0.4, 0.5) is 5.82 Å². The molecule has 1 aliphatic heterocycles. The Balaban J connectivity index is 1.22. The lowest BCUT2D eigenvalue weighted by molar-refractivity contribution is -0.125. The number of likely N-dealkylation sites (N-methyl/N-ethyl adjacent to an activating group) is 1. The third-order valence-electron chi connectivity index (χ3n) is 5.99. The van der Waals surface area contributed by atoms with Gasteiger partial charge in [0, 0.05) is 43.7 Å². The number of amides is 1. The van der Waals surface area contributed by atoms with Gasteiger partial charge in [-0.05, 0) is 38.2 Å². The van der Waals surface area contributed by atoms with Gasteiger partial charge in [-0.15, -0.1) is 0 Å². The van der Waals surface area contributed by atoms with Crippen LogP contribution in [-0.4, -0.2) is 82.0 Å². The van der Waals surface area contributed by atoms with E-state index in [1.54, 1.807) is 6.08 Å². The second-order valence-electron chi connectivity index (χ2n) is 8.95. The highest BCUT2D eigenvalue weighted by Gasteiger charge is 2.29. The fourth-order valence-corrected chi connectivity index (χ4v) is 4.07. The summed E-state index contributed by atoms with van der Waals surface area (Å²) < 4.78 is 5.85. The molecule has 0 radical (unpaired) electrons. The second-order valence-corrected chi connectivity index (χ2v) is 8.95. The molecule has 1 saturated heterocycles. The zero-order valence-electron chi connectivity index (χ0n) is 19.5. The molecule has 3 aromatic rings. The molecule has 0 bridgehead atoms. The monoisotopic (exact) mass is 459 g/mol. The summed E-state index contributed by atoms with van der Waals surface area (Å²) in [6.07, 6.45) is 6.83. The molecule has 0 spiro atoms. The minimum Gasteiger partial charge on any atom is -0.489 e. The van der Waals surface area contributed by atoms with E-state index in [1.165, 1.54) is 17.5 Å². The van der Waals surface area contributed by atoms with Crippen LogP contribution in [0.15, 0.2) is 54.4 Å². The maximum absolute atomic E-state index is 12.4. The fraction of sp³-hybridized carbons (Fsp3) is 0.360. The molecule has 0 saturated carbocycles. The average Bonchev–Trinajstić information content (AvgIpc) is 3.23. The number of H-pyrrole nitrogens is 1. The summed E-state index contributed by atoms with van der Waals surface area (Å²) >= 11 is 0. The Kier molecular flexibility index (Phi) is 6.27. The minimum atomic E-state index is 0.0498. The molecule has 2 aromatic heterocycles. The lowest BCUT2D eigenvalue weighted by Crippen LogP contribution is -2.30. The third kappa shape index (κ3) is 5.09. The molecule has 176 valence electrons. The summed E-state index contributed by atoms with van der Waals surface area (Å²) in [7, 11) is 3.96. The van der Waals surface area contributed by atoms with Gasteiger partial charge < -0.3 is 24.8 Å². The predicted octanol–water partition coefficient (Wildman–Crippen LogP) is 2.72. The van der Waals surface area contributed by atoms with Crippen molar-refractivity contribution in [1.82, 2.24) is 29.7 Å². The number of fused-ring (bicyclic) bond motifs is 1. The summed E-state index contributed by atoms with van der Waals surface area (Å²) in [4.78, 5) is 33.2. The van der Waals surface area contributed by atoms with Gasteiger partial charge in [-0.3, -0.25) is 4.79 Å². The van der Waals surface area contributed by atoms with Crippen molar-refractivity contribution in [1.29, 1.82) is 0 Å². The molecule has 1 fully saturated rings. The standard InChI is InChI=1S/C25H29N7O2/c1-31(2)11-6-9-21(33)32-12-10-18(14-32)28-24-22-25(27-16-26-24)30-23(29-22)20-13-17(20)15-34-19-7-4-3-5-8-19/h3-9,16,18H,10-15H2,1-2H3,(H2,26,27,28,29,30). The molecule has 1 unspecified atom stereocenters. The Bertz CT molecular complexity index is 1230. The van der Waals surface area contributed by atoms with Gasteiger partial charge in [0.15, 0.2) is 11.5 Å². The number of ether oxygens (including phenoxy) is 1. The molecule has 9 nitrogen and oxygen atoms in total. The number of para-hydroxylation sites is 1. The number of anilines is 1. The van der Waals surface area contributed by atoms with Crippen molar-refractivity contribution >= 4 is 28.5 Å². The number of aromatic amines is 1. The highest BCUT2D eigenvalue weighted by Crippen LogP contribution is 2.39. The lowest BCUT2D eigenvalue weighted by Gasteiger charge is -2.16. The number of carbonyl (C=O) groups excluding carboxylic acids is 1. The highest BCUT2D eigenvalue weighted by molar-refractivity contribution is 5.89. The molecule has 1 atom stereocenters. The van der Waals surface area contributed by atoms with Crippen LogP contribution in [0.3, 0.4) is 0 Å². The van der Waals surface area contributed by atoms with Gasteiger partial charge in [0.25, 0.3) is 0 Å². The third-order valence-corrected chi connectivity index (χ3v) is 5.99. The Hall–Kier alpha value is -3.72. The fourth-order valence-electron chi connectivity index (χ4n) is 4.07. The SMILES string of the molecule is CN(C)CC=CC(=O)N1CCC(Nc2ncnc3nc(C4=C(COc5ccccc5)C4)[nH]c23)C1. The van der Waals surface area contributed by atoms with E-state index in [-0.39, 0.29) is 11.9 Å². The smallest absolute Gasteiger partial charge is 0.246 e. The lowest BCUT2D eigenvalue weighted by atomic mass is 10.2. The largest absolute Gasteiger partial charge is 0.489 e. The maximum atomic E-state index is 12.4.